The van der Waals surface area contributed by atoms with Gasteiger partial charge in [0.25, 0.3) is 0 Å². The first-order valence-corrected chi connectivity index (χ1v) is 8.75. The number of benzene rings is 1. The maximum atomic E-state index is 6.59. The van der Waals surface area contributed by atoms with Gasteiger partial charge in [0.05, 0.1) is 12.1 Å². The van der Waals surface area contributed by atoms with Crippen molar-refractivity contribution in [3.8, 4) is 0 Å². The monoisotopic (exact) mass is 309 g/mol. The maximum Gasteiger partial charge on any atom is 0.219 e. The van der Waals surface area contributed by atoms with E-state index in [1.807, 2.05) is 0 Å². The summed E-state index contributed by atoms with van der Waals surface area (Å²) in [6.07, 6.45) is 5.88. The molecule has 2 aromatic rings. The molecule has 3 unspecified atom stereocenters. The molecule has 0 radical (unpaired) electrons. The number of nitrogens with zero attached hydrogens (tertiary/aromatic N) is 3. The molecule has 3 aliphatic rings. The lowest BCUT2D eigenvalue weighted by atomic mass is 9.76. The van der Waals surface area contributed by atoms with Crippen molar-refractivity contribution in [1.29, 1.82) is 0 Å². The molecule has 3 aliphatic heterocycles. The second kappa shape index (κ2) is 4.84. The summed E-state index contributed by atoms with van der Waals surface area (Å²) >= 11 is 0. The first-order chi connectivity index (χ1) is 11.3. The SMILES string of the molecule is Cn1cc(C2=NCC3(CCN4CCCC3C4)O2)c2ccccc21. The van der Waals surface area contributed by atoms with Gasteiger partial charge in [0.1, 0.15) is 5.60 Å². The van der Waals surface area contributed by atoms with E-state index in [0.717, 1.165) is 31.0 Å². The number of ether oxygens (including phenoxy) is 1. The van der Waals surface area contributed by atoms with Gasteiger partial charge in [0, 0.05) is 49.6 Å². The summed E-state index contributed by atoms with van der Waals surface area (Å²) < 4.78 is 8.76. The van der Waals surface area contributed by atoms with E-state index >= 15 is 0 Å². The fourth-order valence-electron chi connectivity index (χ4n) is 4.70. The van der Waals surface area contributed by atoms with Crippen LogP contribution in [-0.4, -0.2) is 47.1 Å². The third-order valence-electron chi connectivity index (χ3n) is 6.02. The third-order valence-corrected chi connectivity index (χ3v) is 6.02. The summed E-state index contributed by atoms with van der Waals surface area (Å²) in [5.41, 5.74) is 2.35. The summed E-state index contributed by atoms with van der Waals surface area (Å²) in [6, 6.07) is 8.51. The van der Waals surface area contributed by atoms with Crippen LogP contribution in [0.5, 0.6) is 0 Å². The van der Waals surface area contributed by atoms with Gasteiger partial charge in [0.15, 0.2) is 0 Å². The van der Waals surface area contributed by atoms with Crippen molar-refractivity contribution >= 4 is 16.8 Å². The number of aromatic nitrogens is 1. The Morgan fingerprint density at radius 1 is 1.26 bits per heavy atom. The predicted octanol–water partition coefficient (Wildman–Crippen LogP) is 2.81. The molecular weight excluding hydrogens is 286 g/mol. The van der Waals surface area contributed by atoms with Gasteiger partial charge in [-0.1, -0.05) is 18.2 Å². The number of hydrogen-bond acceptors (Lipinski definition) is 3. The molecule has 5 rings (SSSR count). The Kier molecular flexibility index (Phi) is 2.87. The van der Waals surface area contributed by atoms with E-state index in [1.54, 1.807) is 0 Å². The summed E-state index contributed by atoms with van der Waals surface area (Å²) in [7, 11) is 2.09. The second-order valence-electron chi connectivity index (χ2n) is 7.35. The lowest BCUT2D eigenvalue weighted by molar-refractivity contribution is -0.0599. The fraction of sp³-hybridized carbons (Fsp3) is 0.526. The van der Waals surface area contributed by atoms with E-state index in [4.69, 9.17) is 9.73 Å². The Bertz CT molecular complexity index is 793. The quantitative estimate of drug-likeness (QED) is 0.811. The zero-order chi connectivity index (χ0) is 15.4. The Labute approximate surface area is 136 Å². The van der Waals surface area contributed by atoms with Crippen LogP contribution in [0.4, 0.5) is 0 Å². The lowest BCUT2D eigenvalue weighted by Gasteiger charge is -2.47. The highest BCUT2D eigenvalue weighted by Crippen LogP contribution is 2.41. The van der Waals surface area contributed by atoms with E-state index in [-0.39, 0.29) is 5.60 Å². The van der Waals surface area contributed by atoms with Crippen molar-refractivity contribution in [2.75, 3.05) is 26.2 Å². The lowest BCUT2D eigenvalue weighted by Crippen LogP contribution is -2.56. The molecule has 23 heavy (non-hydrogen) atoms. The van der Waals surface area contributed by atoms with Crippen LogP contribution in [0.25, 0.3) is 10.9 Å². The smallest absolute Gasteiger partial charge is 0.219 e. The van der Waals surface area contributed by atoms with Gasteiger partial charge in [-0.2, -0.15) is 0 Å². The van der Waals surface area contributed by atoms with Crippen molar-refractivity contribution in [2.24, 2.45) is 18.0 Å². The van der Waals surface area contributed by atoms with Crippen molar-refractivity contribution < 1.29 is 4.74 Å². The molecule has 2 fully saturated rings. The molecule has 120 valence electrons. The molecular formula is C19H23N3O. The number of rotatable bonds is 1. The summed E-state index contributed by atoms with van der Waals surface area (Å²) in [5.74, 6) is 1.50. The minimum Gasteiger partial charge on any atom is -0.468 e. The van der Waals surface area contributed by atoms with Gasteiger partial charge in [-0.25, -0.2) is 4.99 Å². The zero-order valence-corrected chi connectivity index (χ0v) is 13.7. The highest BCUT2D eigenvalue weighted by molar-refractivity contribution is 6.07. The van der Waals surface area contributed by atoms with Crippen LogP contribution in [0.3, 0.4) is 0 Å². The van der Waals surface area contributed by atoms with Crippen molar-refractivity contribution in [2.45, 2.75) is 24.9 Å². The van der Waals surface area contributed by atoms with Crippen molar-refractivity contribution in [1.82, 2.24) is 9.47 Å². The minimum atomic E-state index is -0.0385. The van der Waals surface area contributed by atoms with Gasteiger partial charge >= 0.3 is 0 Å². The molecule has 4 heterocycles. The van der Waals surface area contributed by atoms with Crippen LogP contribution in [0.15, 0.2) is 35.5 Å². The highest BCUT2D eigenvalue weighted by Gasteiger charge is 2.49. The second-order valence-corrected chi connectivity index (χ2v) is 7.35. The first kappa shape index (κ1) is 13.6. The van der Waals surface area contributed by atoms with Crippen LogP contribution in [0.2, 0.25) is 0 Å². The van der Waals surface area contributed by atoms with Gasteiger partial charge in [0.2, 0.25) is 5.90 Å². The van der Waals surface area contributed by atoms with Crippen LogP contribution in [-0.2, 0) is 11.8 Å². The average Bonchev–Trinajstić information content (AvgIpc) is 3.16. The number of piperidine rings is 2. The van der Waals surface area contributed by atoms with Gasteiger partial charge in [-0.05, 0) is 25.5 Å². The van der Waals surface area contributed by atoms with E-state index in [9.17, 15) is 0 Å². The summed E-state index contributed by atoms with van der Waals surface area (Å²) in [6.45, 7) is 4.46. The number of para-hydroxylation sites is 1. The Morgan fingerprint density at radius 2 is 2.17 bits per heavy atom. The number of aliphatic imine (C=N–C) groups is 1. The standard InChI is InChI=1S/C19H23N3O/c1-21-12-16(15-6-2-3-7-17(15)21)18-20-13-19(23-18)8-10-22-9-4-5-14(19)11-22/h2-3,6-7,12,14H,4-5,8-11,13H2,1H3. The summed E-state index contributed by atoms with van der Waals surface area (Å²) in [5, 5.41) is 1.24. The van der Waals surface area contributed by atoms with Crippen molar-refractivity contribution in [3.63, 3.8) is 0 Å². The zero-order valence-electron chi connectivity index (χ0n) is 13.7. The van der Waals surface area contributed by atoms with Gasteiger partial charge < -0.3 is 14.2 Å². The van der Waals surface area contributed by atoms with Crippen LogP contribution in [0.1, 0.15) is 24.8 Å². The Balaban J connectivity index is 1.49. The van der Waals surface area contributed by atoms with E-state index in [1.165, 1.54) is 36.8 Å². The largest absolute Gasteiger partial charge is 0.468 e. The number of aryl methyl sites for hydroxylation is 1. The number of hydrogen-bond donors (Lipinski definition) is 0. The predicted molar refractivity (Wildman–Crippen MR) is 91.9 cm³/mol. The van der Waals surface area contributed by atoms with Crippen LogP contribution in [0, 0.1) is 5.92 Å². The Hall–Kier alpha value is -1.81. The summed E-state index contributed by atoms with van der Waals surface area (Å²) in [4.78, 5) is 7.45. The molecule has 0 aliphatic carbocycles. The molecule has 0 amide bonds. The molecule has 4 heteroatoms. The topological polar surface area (TPSA) is 29.8 Å². The molecule has 0 saturated carbocycles. The minimum absolute atomic E-state index is 0.0385. The highest BCUT2D eigenvalue weighted by atomic mass is 16.5. The van der Waals surface area contributed by atoms with E-state index in [2.05, 4.69) is 47.0 Å². The third kappa shape index (κ3) is 1.97. The normalized spacial score (nSPS) is 33.0. The fourth-order valence-corrected chi connectivity index (χ4v) is 4.70. The molecule has 2 bridgehead atoms. The molecule has 1 aromatic carbocycles. The van der Waals surface area contributed by atoms with E-state index in [0.29, 0.717) is 5.92 Å². The van der Waals surface area contributed by atoms with Gasteiger partial charge in [-0.3, -0.25) is 0 Å². The van der Waals surface area contributed by atoms with Crippen LogP contribution >= 0.6 is 0 Å². The van der Waals surface area contributed by atoms with Gasteiger partial charge in [-0.15, -0.1) is 0 Å². The molecule has 0 N–H and O–H groups in total. The molecule has 1 spiro atoms. The molecule has 4 nitrogen and oxygen atoms in total. The molecule has 3 atom stereocenters. The molecule has 1 aromatic heterocycles. The average molecular weight is 309 g/mol. The number of fused-ring (bicyclic) bond motifs is 4. The Morgan fingerprint density at radius 3 is 3.13 bits per heavy atom. The first-order valence-electron chi connectivity index (χ1n) is 8.75. The van der Waals surface area contributed by atoms with Crippen molar-refractivity contribution in [3.05, 3.63) is 36.0 Å². The van der Waals surface area contributed by atoms with Crippen LogP contribution < -0.4 is 0 Å². The maximum absolute atomic E-state index is 6.59. The molecule has 2 saturated heterocycles. The van der Waals surface area contributed by atoms with E-state index < -0.39 is 0 Å².